The van der Waals surface area contributed by atoms with Gasteiger partial charge in [-0.05, 0) is 49.6 Å². The monoisotopic (exact) mass is 379 g/mol. The molecule has 2 aromatic carbocycles. The van der Waals surface area contributed by atoms with Crippen LogP contribution in [-0.4, -0.2) is 37.3 Å². The Kier molecular flexibility index (Phi) is 4.50. The van der Waals surface area contributed by atoms with Gasteiger partial charge in [0.15, 0.2) is 5.13 Å². The number of benzene rings is 2. The van der Waals surface area contributed by atoms with Crippen molar-refractivity contribution in [3.63, 3.8) is 0 Å². The number of thiazole rings is 1. The Morgan fingerprint density at radius 3 is 2.67 bits per heavy atom. The van der Waals surface area contributed by atoms with E-state index in [4.69, 9.17) is 9.72 Å². The minimum atomic E-state index is 0.242. The van der Waals surface area contributed by atoms with E-state index in [1.165, 1.54) is 28.2 Å². The van der Waals surface area contributed by atoms with Crippen LogP contribution in [0, 0.1) is 5.92 Å². The van der Waals surface area contributed by atoms with E-state index >= 15 is 0 Å². The third kappa shape index (κ3) is 3.19. The minimum Gasteiger partial charge on any atom is -0.488 e. The first-order chi connectivity index (χ1) is 13.3. The van der Waals surface area contributed by atoms with E-state index in [0.717, 1.165) is 30.8 Å². The van der Waals surface area contributed by atoms with Crippen LogP contribution >= 0.6 is 11.3 Å². The van der Waals surface area contributed by atoms with Gasteiger partial charge in [-0.1, -0.05) is 41.7 Å². The molecule has 5 heteroatoms. The summed E-state index contributed by atoms with van der Waals surface area (Å²) in [6, 6.07) is 17.3. The Hall–Kier alpha value is -2.11. The molecule has 4 nitrogen and oxygen atoms in total. The molecule has 2 aliphatic heterocycles. The predicted octanol–water partition coefficient (Wildman–Crippen LogP) is 4.10. The largest absolute Gasteiger partial charge is 0.488 e. The Balaban J connectivity index is 1.25. The van der Waals surface area contributed by atoms with Crippen molar-refractivity contribution in [2.45, 2.75) is 31.4 Å². The highest BCUT2D eigenvalue weighted by atomic mass is 32.1. The number of nitrogens with one attached hydrogen (secondary N) is 1. The van der Waals surface area contributed by atoms with Crippen LogP contribution in [0.1, 0.15) is 18.4 Å². The lowest BCUT2D eigenvalue weighted by molar-refractivity contribution is 0.133. The van der Waals surface area contributed by atoms with Crippen LogP contribution < -0.4 is 15.0 Å². The standard InChI is InChI=1S/C22H25N3OS/c1-23-21(19-14-16-6-2-4-8-18(16)26-19)15-10-12-25(13-11-15)22-24-17-7-3-5-9-20(17)27-22/h2-9,15,19,21,23H,10-14H2,1H3. The molecule has 0 radical (unpaired) electrons. The summed E-state index contributed by atoms with van der Waals surface area (Å²) in [6.07, 6.45) is 3.61. The average molecular weight is 380 g/mol. The smallest absolute Gasteiger partial charge is 0.186 e. The van der Waals surface area contributed by atoms with Crippen LogP contribution in [0.15, 0.2) is 48.5 Å². The molecule has 0 spiro atoms. The summed E-state index contributed by atoms with van der Waals surface area (Å²) in [5.74, 6) is 1.70. The number of rotatable bonds is 4. The molecule has 1 N–H and O–H groups in total. The van der Waals surface area contributed by atoms with Gasteiger partial charge in [0.05, 0.1) is 10.2 Å². The second kappa shape index (κ2) is 7.13. The Labute approximate surface area is 164 Å². The van der Waals surface area contributed by atoms with Gasteiger partial charge in [0.2, 0.25) is 0 Å². The highest BCUT2D eigenvalue weighted by molar-refractivity contribution is 7.22. The van der Waals surface area contributed by atoms with Crippen molar-refractivity contribution in [3.05, 3.63) is 54.1 Å². The van der Waals surface area contributed by atoms with Gasteiger partial charge in [-0.15, -0.1) is 0 Å². The third-order valence-electron chi connectivity index (χ3n) is 6.01. The van der Waals surface area contributed by atoms with Gasteiger partial charge in [-0.25, -0.2) is 4.98 Å². The van der Waals surface area contributed by atoms with E-state index in [2.05, 4.69) is 65.8 Å². The maximum Gasteiger partial charge on any atom is 0.186 e. The molecule has 140 valence electrons. The third-order valence-corrected chi connectivity index (χ3v) is 7.10. The molecule has 1 saturated heterocycles. The summed E-state index contributed by atoms with van der Waals surface area (Å²) >= 11 is 1.81. The van der Waals surface area contributed by atoms with E-state index in [9.17, 15) is 0 Å². The van der Waals surface area contributed by atoms with Crippen LogP contribution in [0.5, 0.6) is 5.75 Å². The predicted molar refractivity (Wildman–Crippen MR) is 112 cm³/mol. The van der Waals surface area contributed by atoms with Crippen LogP contribution in [0.2, 0.25) is 0 Å². The first kappa shape index (κ1) is 17.0. The molecule has 0 aliphatic carbocycles. The molecule has 2 unspecified atom stereocenters. The number of nitrogens with zero attached hydrogens (tertiary/aromatic N) is 2. The number of fused-ring (bicyclic) bond motifs is 2. The summed E-state index contributed by atoms with van der Waals surface area (Å²) < 4.78 is 7.56. The lowest BCUT2D eigenvalue weighted by atomic mass is 9.85. The van der Waals surface area contributed by atoms with Gasteiger partial charge in [0.1, 0.15) is 11.9 Å². The zero-order valence-corrected chi connectivity index (χ0v) is 16.4. The van der Waals surface area contributed by atoms with E-state index in [1.54, 1.807) is 0 Å². The molecule has 0 bridgehead atoms. The van der Waals surface area contributed by atoms with Gasteiger partial charge in [0, 0.05) is 25.6 Å². The number of hydrogen-bond acceptors (Lipinski definition) is 5. The molecule has 2 atom stereocenters. The molecule has 2 aliphatic rings. The number of likely N-dealkylation sites (N-methyl/N-ethyl adjacent to an activating group) is 1. The van der Waals surface area contributed by atoms with E-state index < -0.39 is 0 Å². The zero-order chi connectivity index (χ0) is 18.2. The fourth-order valence-electron chi connectivity index (χ4n) is 4.58. The summed E-state index contributed by atoms with van der Waals surface area (Å²) in [7, 11) is 2.08. The Bertz CT molecular complexity index is 874. The molecule has 3 aromatic rings. The summed E-state index contributed by atoms with van der Waals surface area (Å²) in [4.78, 5) is 7.29. The lowest BCUT2D eigenvalue weighted by Gasteiger charge is -2.37. The maximum absolute atomic E-state index is 6.28. The minimum absolute atomic E-state index is 0.242. The molecular weight excluding hydrogens is 354 g/mol. The molecule has 1 fully saturated rings. The number of piperidine rings is 1. The average Bonchev–Trinajstić information content (AvgIpc) is 3.33. The molecule has 0 amide bonds. The highest BCUT2D eigenvalue weighted by Gasteiger charge is 2.36. The molecule has 3 heterocycles. The molecule has 5 rings (SSSR count). The maximum atomic E-state index is 6.28. The topological polar surface area (TPSA) is 37.4 Å². The van der Waals surface area contributed by atoms with Crippen molar-refractivity contribution >= 4 is 26.7 Å². The first-order valence-corrected chi connectivity index (χ1v) is 10.7. The normalized spacial score (nSPS) is 21.2. The Morgan fingerprint density at radius 2 is 1.89 bits per heavy atom. The van der Waals surface area contributed by atoms with Gasteiger partial charge < -0.3 is 15.0 Å². The molecule has 1 aromatic heterocycles. The summed E-state index contributed by atoms with van der Waals surface area (Å²) in [5, 5.41) is 4.73. The lowest BCUT2D eigenvalue weighted by Crippen LogP contribution is -2.49. The van der Waals surface area contributed by atoms with E-state index in [-0.39, 0.29) is 6.10 Å². The fraction of sp³-hybridized carbons (Fsp3) is 0.409. The SMILES string of the molecule is CNC(C1CCN(c2nc3ccccc3s2)CC1)C1Cc2ccccc2O1. The van der Waals surface area contributed by atoms with E-state index in [1.807, 2.05) is 11.3 Å². The van der Waals surface area contributed by atoms with Crippen molar-refractivity contribution in [1.29, 1.82) is 0 Å². The highest BCUT2D eigenvalue weighted by Crippen LogP contribution is 2.35. The van der Waals surface area contributed by atoms with Crippen molar-refractivity contribution in [1.82, 2.24) is 10.3 Å². The number of aromatic nitrogens is 1. The van der Waals surface area contributed by atoms with Crippen molar-refractivity contribution < 1.29 is 4.74 Å². The molecular formula is C22H25N3OS. The van der Waals surface area contributed by atoms with Crippen molar-refractivity contribution in [3.8, 4) is 5.75 Å². The van der Waals surface area contributed by atoms with Crippen molar-refractivity contribution in [2.75, 3.05) is 25.0 Å². The van der Waals surface area contributed by atoms with Gasteiger partial charge in [-0.2, -0.15) is 0 Å². The Morgan fingerprint density at radius 1 is 1.11 bits per heavy atom. The summed E-state index contributed by atoms with van der Waals surface area (Å²) in [5.41, 5.74) is 2.46. The second-order valence-electron chi connectivity index (χ2n) is 7.57. The number of ether oxygens (including phenoxy) is 1. The fourth-order valence-corrected chi connectivity index (χ4v) is 5.60. The number of anilines is 1. The van der Waals surface area contributed by atoms with Gasteiger partial charge in [-0.3, -0.25) is 0 Å². The first-order valence-electron chi connectivity index (χ1n) is 9.84. The van der Waals surface area contributed by atoms with Gasteiger partial charge in [0.25, 0.3) is 0 Å². The molecule has 0 saturated carbocycles. The van der Waals surface area contributed by atoms with Gasteiger partial charge >= 0.3 is 0 Å². The molecule has 27 heavy (non-hydrogen) atoms. The van der Waals surface area contributed by atoms with Crippen LogP contribution in [0.25, 0.3) is 10.2 Å². The number of para-hydroxylation sites is 2. The second-order valence-corrected chi connectivity index (χ2v) is 8.58. The van der Waals surface area contributed by atoms with E-state index in [0.29, 0.717) is 12.0 Å². The zero-order valence-electron chi connectivity index (χ0n) is 15.6. The summed E-state index contributed by atoms with van der Waals surface area (Å²) in [6.45, 7) is 2.14. The number of hydrogen-bond donors (Lipinski definition) is 1. The van der Waals surface area contributed by atoms with Crippen LogP contribution in [0.4, 0.5) is 5.13 Å². The quantitative estimate of drug-likeness (QED) is 0.740. The van der Waals surface area contributed by atoms with Crippen LogP contribution in [0.3, 0.4) is 0 Å². The van der Waals surface area contributed by atoms with Crippen molar-refractivity contribution in [2.24, 2.45) is 5.92 Å². The van der Waals surface area contributed by atoms with Crippen LogP contribution in [-0.2, 0) is 6.42 Å².